The van der Waals surface area contributed by atoms with Gasteiger partial charge < -0.3 is 0 Å². The van der Waals surface area contributed by atoms with Gasteiger partial charge in [-0.25, -0.2) is 0 Å². The molecule has 17 heavy (non-hydrogen) atoms. The van der Waals surface area contributed by atoms with Gasteiger partial charge in [-0.05, 0) is 55.1 Å². The molecule has 4 atom stereocenters. The quantitative estimate of drug-likeness (QED) is 0.427. The second-order valence-electron chi connectivity index (χ2n) is 6.16. The molecule has 0 aromatic rings. The summed E-state index contributed by atoms with van der Waals surface area (Å²) >= 11 is 2.53. The minimum absolute atomic E-state index is 0.201. The van der Waals surface area contributed by atoms with Crippen LogP contribution in [0.15, 0.2) is 35.5 Å². The third kappa shape index (κ3) is 2.16. The lowest BCUT2D eigenvalue weighted by Crippen LogP contribution is -2.31. The molecule has 92 valence electrons. The van der Waals surface area contributed by atoms with Crippen LogP contribution in [-0.4, -0.2) is 3.42 Å². The van der Waals surface area contributed by atoms with Crippen molar-refractivity contribution < 1.29 is 0 Å². The average Bonchev–Trinajstić information content (AvgIpc) is 2.39. The third-order valence-corrected chi connectivity index (χ3v) is 5.64. The van der Waals surface area contributed by atoms with Crippen LogP contribution in [-0.2, 0) is 0 Å². The number of hydrogen-bond donors (Lipinski definition) is 0. The first-order chi connectivity index (χ1) is 8.07. The Labute approximate surface area is 118 Å². The van der Waals surface area contributed by atoms with E-state index >= 15 is 0 Å². The van der Waals surface area contributed by atoms with Gasteiger partial charge in [-0.2, -0.15) is 0 Å². The summed E-state index contributed by atoms with van der Waals surface area (Å²) in [5, 5.41) is 0. The zero-order valence-electron chi connectivity index (χ0n) is 10.7. The molecule has 0 heterocycles. The smallest absolute Gasteiger partial charge is 0.0558 e. The molecule has 0 spiro atoms. The third-order valence-electron chi connectivity index (χ3n) is 4.92. The number of rotatable bonds is 0. The fraction of sp³-hybridized carbons (Fsp3) is 0.625. The summed E-state index contributed by atoms with van der Waals surface area (Å²) in [6.45, 7) is 4.76. The average molecular weight is 340 g/mol. The first-order valence-corrected chi connectivity index (χ1v) is 7.95. The van der Waals surface area contributed by atoms with Gasteiger partial charge in [0.05, 0.1) is 3.42 Å². The molecule has 0 saturated heterocycles. The van der Waals surface area contributed by atoms with E-state index in [9.17, 15) is 0 Å². The van der Waals surface area contributed by atoms with Crippen LogP contribution in [0.5, 0.6) is 0 Å². The van der Waals surface area contributed by atoms with Gasteiger partial charge >= 0.3 is 0 Å². The maximum atomic E-state index is 2.53. The highest BCUT2D eigenvalue weighted by atomic mass is 127. The molecule has 1 saturated carbocycles. The maximum Gasteiger partial charge on any atom is 0.0558 e. The van der Waals surface area contributed by atoms with Crippen molar-refractivity contribution in [2.24, 2.45) is 17.8 Å². The lowest BCUT2D eigenvalue weighted by Gasteiger charge is -2.42. The second kappa shape index (κ2) is 4.25. The molecule has 2 bridgehead atoms. The molecule has 0 aromatic carbocycles. The minimum atomic E-state index is 0.201. The highest BCUT2D eigenvalue weighted by molar-refractivity contribution is 14.1. The van der Waals surface area contributed by atoms with Gasteiger partial charge in [-0.3, -0.25) is 0 Å². The van der Waals surface area contributed by atoms with Crippen molar-refractivity contribution in [1.29, 1.82) is 0 Å². The summed E-state index contributed by atoms with van der Waals surface area (Å²) in [6, 6.07) is 0. The molecule has 3 aliphatic rings. The summed E-state index contributed by atoms with van der Waals surface area (Å²) in [4.78, 5) is 0. The molecular formula is C16H21I. The molecule has 3 aliphatic carbocycles. The number of fused-ring (bicyclic) bond motifs is 3. The lowest BCUT2D eigenvalue weighted by atomic mass is 9.63. The summed E-state index contributed by atoms with van der Waals surface area (Å²) in [6.07, 6.45) is 15.2. The number of halogens is 1. The van der Waals surface area contributed by atoms with E-state index in [1.54, 1.807) is 11.1 Å². The molecule has 0 aliphatic heterocycles. The van der Waals surface area contributed by atoms with Gasteiger partial charge in [0.25, 0.3) is 0 Å². The molecule has 0 N–H and O–H groups in total. The Morgan fingerprint density at radius 3 is 2.82 bits per heavy atom. The molecule has 0 nitrogen and oxygen atoms in total. The Morgan fingerprint density at radius 2 is 2.00 bits per heavy atom. The van der Waals surface area contributed by atoms with Gasteiger partial charge in [0.2, 0.25) is 0 Å². The van der Waals surface area contributed by atoms with Gasteiger partial charge in [-0.1, -0.05) is 60.2 Å². The van der Waals surface area contributed by atoms with Crippen LogP contribution >= 0.6 is 22.6 Å². The summed E-state index contributed by atoms with van der Waals surface area (Å²) < 4.78 is 0.201. The summed E-state index contributed by atoms with van der Waals surface area (Å²) in [5.74, 6) is 2.69. The number of hydrogen-bond acceptors (Lipinski definition) is 0. The van der Waals surface area contributed by atoms with E-state index < -0.39 is 0 Å². The van der Waals surface area contributed by atoms with Crippen molar-refractivity contribution in [1.82, 2.24) is 0 Å². The highest BCUT2D eigenvalue weighted by Crippen LogP contribution is 2.48. The monoisotopic (exact) mass is 340 g/mol. The van der Waals surface area contributed by atoms with Gasteiger partial charge in [0.15, 0.2) is 0 Å². The standard InChI is InChI=1S/C16H21I/c1-11-12-4-3-5-14(11)15-7-9-16(2,17)8-6-13(15)10-12/h6-9,11-12,14H,3-5,10H2,1-2H3/t11-,12?,14?,16?/m1/s1. The minimum Gasteiger partial charge on any atom is -0.0700 e. The summed E-state index contributed by atoms with van der Waals surface area (Å²) in [7, 11) is 0. The van der Waals surface area contributed by atoms with Crippen LogP contribution in [0.2, 0.25) is 0 Å². The van der Waals surface area contributed by atoms with Gasteiger partial charge in [0, 0.05) is 0 Å². The molecule has 1 heteroatoms. The Kier molecular flexibility index (Phi) is 3.00. The van der Waals surface area contributed by atoms with E-state index in [4.69, 9.17) is 0 Å². The van der Waals surface area contributed by atoms with Crippen LogP contribution in [0.25, 0.3) is 0 Å². The van der Waals surface area contributed by atoms with E-state index in [-0.39, 0.29) is 3.42 Å². The molecule has 0 amide bonds. The van der Waals surface area contributed by atoms with E-state index in [0.717, 1.165) is 17.8 Å². The van der Waals surface area contributed by atoms with Gasteiger partial charge in [-0.15, -0.1) is 0 Å². The van der Waals surface area contributed by atoms with Crippen molar-refractivity contribution >= 4 is 22.6 Å². The second-order valence-corrected chi connectivity index (χ2v) is 8.48. The SMILES string of the molecule is C[C@@H]1C2CCCC1C1=C(C=CC(C)(I)C=C1)C2. The number of alkyl halides is 1. The molecule has 3 rings (SSSR count). The zero-order chi connectivity index (χ0) is 12.0. The first-order valence-electron chi connectivity index (χ1n) is 6.87. The molecule has 0 aromatic heterocycles. The van der Waals surface area contributed by atoms with E-state index in [0.29, 0.717) is 0 Å². The zero-order valence-corrected chi connectivity index (χ0v) is 12.9. The lowest BCUT2D eigenvalue weighted by molar-refractivity contribution is 0.180. The van der Waals surface area contributed by atoms with Crippen molar-refractivity contribution in [3.05, 3.63) is 35.5 Å². The fourth-order valence-corrected chi connectivity index (χ4v) is 4.15. The van der Waals surface area contributed by atoms with E-state index in [1.807, 2.05) is 0 Å². The van der Waals surface area contributed by atoms with Crippen LogP contribution in [0.1, 0.15) is 39.5 Å². The van der Waals surface area contributed by atoms with E-state index in [1.165, 1.54) is 25.7 Å². The largest absolute Gasteiger partial charge is 0.0700 e. The molecule has 0 radical (unpaired) electrons. The van der Waals surface area contributed by atoms with Crippen LogP contribution in [0, 0.1) is 17.8 Å². The first kappa shape index (κ1) is 12.0. The van der Waals surface area contributed by atoms with Crippen molar-refractivity contribution in [3.8, 4) is 0 Å². The topological polar surface area (TPSA) is 0 Å². The Bertz CT molecular complexity index is 411. The Balaban J connectivity index is 2.02. The normalized spacial score (nSPS) is 44.5. The van der Waals surface area contributed by atoms with Crippen LogP contribution in [0.3, 0.4) is 0 Å². The van der Waals surface area contributed by atoms with Gasteiger partial charge in [0.1, 0.15) is 0 Å². The van der Waals surface area contributed by atoms with Crippen LogP contribution < -0.4 is 0 Å². The number of allylic oxidation sites excluding steroid dienone is 6. The van der Waals surface area contributed by atoms with E-state index in [2.05, 4.69) is 60.7 Å². The predicted molar refractivity (Wildman–Crippen MR) is 82.3 cm³/mol. The summed E-state index contributed by atoms with van der Waals surface area (Å²) in [5.41, 5.74) is 3.29. The van der Waals surface area contributed by atoms with Crippen molar-refractivity contribution in [2.45, 2.75) is 43.0 Å². The molecule has 3 unspecified atom stereocenters. The predicted octanol–water partition coefficient (Wildman–Crippen LogP) is 5.06. The molecular weight excluding hydrogens is 319 g/mol. The fourth-order valence-electron chi connectivity index (χ4n) is 3.79. The van der Waals surface area contributed by atoms with Crippen molar-refractivity contribution in [3.63, 3.8) is 0 Å². The Morgan fingerprint density at radius 1 is 1.24 bits per heavy atom. The highest BCUT2D eigenvalue weighted by Gasteiger charge is 2.37. The van der Waals surface area contributed by atoms with Crippen molar-refractivity contribution in [2.75, 3.05) is 0 Å². The molecule has 1 fully saturated rings. The maximum absolute atomic E-state index is 2.53. The Hall–Kier alpha value is -0.0500. The van der Waals surface area contributed by atoms with Crippen LogP contribution in [0.4, 0.5) is 0 Å².